The van der Waals surface area contributed by atoms with Gasteiger partial charge in [-0.25, -0.2) is 4.79 Å². The number of ether oxygens (including phenoxy) is 1. The van der Waals surface area contributed by atoms with Crippen molar-refractivity contribution in [3.8, 4) is 0 Å². The van der Waals surface area contributed by atoms with Gasteiger partial charge in [0.2, 0.25) is 0 Å². The lowest BCUT2D eigenvalue weighted by atomic mass is 10.2. The highest BCUT2D eigenvalue weighted by atomic mass is 32.2. The van der Waals surface area contributed by atoms with Crippen LogP contribution in [0.5, 0.6) is 0 Å². The first-order valence-corrected chi connectivity index (χ1v) is 8.74. The molecule has 2 rings (SSSR count). The summed E-state index contributed by atoms with van der Waals surface area (Å²) >= 11 is 1.56. The van der Waals surface area contributed by atoms with Crippen molar-refractivity contribution < 1.29 is 19.1 Å². The lowest BCUT2D eigenvalue weighted by Gasteiger charge is -2.14. The first-order chi connectivity index (χ1) is 12.0. The standard InChI is InChI=1S/C18H18N2O4S/c1-12(24-18(23)14-8-10-15(25-2)11-9-14)16(21)19-20-17(22)13-6-4-3-5-7-13/h3-12H,1-2H3,(H,19,21)(H,20,22)/t12-/m0/s1. The summed E-state index contributed by atoms with van der Waals surface area (Å²) in [5.41, 5.74) is 5.27. The van der Waals surface area contributed by atoms with Crippen LogP contribution in [0.1, 0.15) is 27.6 Å². The van der Waals surface area contributed by atoms with E-state index in [1.807, 2.05) is 6.26 Å². The van der Waals surface area contributed by atoms with E-state index in [2.05, 4.69) is 10.9 Å². The van der Waals surface area contributed by atoms with Gasteiger partial charge in [0.15, 0.2) is 6.10 Å². The Labute approximate surface area is 149 Å². The van der Waals surface area contributed by atoms with Gasteiger partial charge in [-0.1, -0.05) is 18.2 Å². The lowest BCUT2D eigenvalue weighted by molar-refractivity contribution is -0.129. The van der Waals surface area contributed by atoms with Crippen molar-refractivity contribution in [3.05, 3.63) is 65.7 Å². The number of carbonyl (C=O) groups excluding carboxylic acids is 3. The quantitative estimate of drug-likeness (QED) is 0.487. The molecular formula is C18H18N2O4S. The fourth-order valence-electron chi connectivity index (χ4n) is 1.89. The number of amides is 2. The summed E-state index contributed by atoms with van der Waals surface area (Å²) in [5.74, 6) is -1.69. The molecule has 0 unspecified atom stereocenters. The molecule has 0 saturated heterocycles. The van der Waals surface area contributed by atoms with Crippen molar-refractivity contribution in [3.63, 3.8) is 0 Å². The summed E-state index contributed by atoms with van der Waals surface area (Å²) in [7, 11) is 0. The third-order valence-electron chi connectivity index (χ3n) is 3.31. The second kappa shape index (κ2) is 8.89. The van der Waals surface area contributed by atoms with Gasteiger partial charge in [-0.05, 0) is 49.6 Å². The fraction of sp³-hybridized carbons (Fsp3) is 0.167. The predicted octanol–water partition coefficient (Wildman–Crippen LogP) is 2.42. The minimum Gasteiger partial charge on any atom is -0.449 e. The van der Waals surface area contributed by atoms with Crippen LogP contribution in [0.15, 0.2) is 59.5 Å². The summed E-state index contributed by atoms with van der Waals surface area (Å²) in [5, 5.41) is 0. The van der Waals surface area contributed by atoms with Crippen molar-refractivity contribution in [1.82, 2.24) is 10.9 Å². The first-order valence-electron chi connectivity index (χ1n) is 7.51. The average Bonchev–Trinajstić information content (AvgIpc) is 2.66. The minimum absolute atomic E-state index is 0.353. The molecule has 0 aliphatic carbocycles. The van der Waals surface area contributed by atoms with E-state index in [4.69, 9.17) is 4.74 Å². The highest BCUT2D eigenvalue weighted by molar-refractivity contribution is 7.98. The van der Waals surface area contributed by atoms with E-state index in [0.717, 1.165) is 4.90 Å². The number of nitrogens with one attached hydrogen (secondary N) is 2. The first kappa shape index (κ1) is 18.5. The molecule has 0 heterocycles. The lowest BCUT2D eigenvalue weighted by Crippen LogP contribution is -2.46. The van der Waals surface area contributed by atoms with Crippen LogP contribution in [0.2, 0.25) is 0 Å². The monoisotopic (exact) mass is 358 g/mol. The van der Waals surface area contributed by atoms with Gasteiger partial charge in [0.1, 0.15) is 0 Å². The maximum Gasteiger partial charge on any atom is 0.338 e. The maximum absolute atomic E-state index is 12.0. The summed E-state index contributed by atoms with van der Waals surface area (Å²) in [4.78, 5) is 36.8. The molecule has 0 aliphatic heterocycles. The van der Waals surface area contributed by atoms with Crippen LogP contribution in [0.4, 0.5) is 0 Å². The normalized spacial score (nSPS) is 11.3. The van der Waals surface area contributed by atoms with Gasteiger partial charge >= 0.3 is 5.97 Å². The van der Waals surface area contributed by atoms with E-state index >= 15 is 0 Å². The molecule has 0 radical (unpaired) electrons. The van der Waals surface area contributed by atoms with E-state index in [9.17, 15) is 14.4 Å². The van der Waals surface area contributed by atoms with Gasteiger partial charge < -0.3 is 4.74 Å². The molecule has 0 saturated carbocycles. The Kier molecular flexibility index (Phi) is 6.59. The third kappa shape index (κ3) is 5.36. The molecule has 2 aromatic carbocycles. The Morgan fingerprint density at radius 1 is 0.920 bits per heavy atom. The van der Waals surface area contributed by atoms with Gasteiger partial charge in [0.05, 0.1) is 5.56 Å². The number of rotatable bonds is 5. The van der Waals surface area contributed by atoms with Gasteiger partial charge in [0.25, 0.3) is 11.8 Å². The minimum atomic E-state index is -1.05. The number of thioether (sulfide) groups is 1. The topological polar surface area (TPSA) is 84.5 Å². The van der Waals surface area contributed by atoms with Crippen molar-refractivity contribution in [1.29, 1.82) is 0 Å². The van der Waals surface area contributed by atoms with Crippen LogP contribution in [-0.2, 0) is 9.53 Å². The third-order valence-corrected chi connectivity index (χ3v) is 4.06. The molecule has 25 heavy (non-hydrogen) atoms. The zero-order valence-corrected chi connectivity index (χ0v) is 14.6. The molecule has 0 aliphatic rings. The summed E-state index contributed by atoms with van der Waals surface area (Å²) < 4.78 is 5.10. The molecule has 0 bridgehead atoms. The Morgan fingerprint density at radius 3 is 2.16 bits per heavy atom. The van der Waals surface area contributed by atoms with Crippen LogP contribution in [-0.4, -0.2) is 30.1 Å². The van der Waals surface area contributed by atoms with Crippen LogP contribution in [0.3, 0.4) is 0 Å². The van der Waals surface area contributed by atoms with Crippen molar-refractivity contribution in [2.45, 2.75) is 17.9 Å². The zero-order chi connectivity index (χ0) is 18.2. The van der Waals surface area contributed by atoms with Crippen LogP contribution < -0.4 is 10.9 Å². The number of hydrazine groups is 1. The second-order valence-corrected chi connectivity index (χ2v) is 5.97. The number of hydrogen-bond donors (Lipinski definition) is 2. The number of carbonyl (C=O) groups is 3. The molecule has 2 amide bonds. The van der Waals surface area contributed by atoms with Crippen LogP contribution in [0, 0.1) is 0 Å². The molecule has 0 spiro atoms. The van der Waals surface area contributed by atoms with Crippen molar-refractivity contribution in [2.75, 3.05) is 6.26 Å². The highest BCUT2D eigenvalue weighted by Gasteiger charge is 2.19. The molecule has 1 atom stereocenters. The van der Waals surface area contributed by atoms with Crippen molar-refractivity contribution >= 4 is 29.5 Å². The smallest absolute Gasteiger partial charge is 0.338 e. The Morgan fingerprint density at radius 2 is 1.56 bits per heavy atom. The van der Waals surface area contributed by atoms with Crippen LogP contribution >= 0.6 is 11.8 Å². The second-order valence-electron chi connectivity index (χ2n) is 5.09. The highest BCUT2D eigenvalue weighted by Crippen LogP contribution is 2.15. The SMILES string of the molecule is CSc1ccc(C(=O)O[C@@H](C)C(=O)NNC(=O)c2ccccc2)cc1. The summed E-state index contributed by atoms with van der Waals surface area (Å²) in [6.07, 6.45) is 0.882. The van der Waals surface area contributed by atoms with Crippen LogP contribution in [0.25, 0.3) is 0 Å². The van der Waals surface area contributed by atoms with E-state index in [-0.39, 0.29) is 0 Å². The maximum atomic E-state index is 12.0. The van der Waals surface area contributed by atoms with Gasteiger partial charge in [-0.15, -0.1) is 11.8 Å². The summed E-state index contributed by atoms with van der Waals surface area (Å²) in [6, 6.07) is 15.3. The van der Waals surface area contributed by atoms with E-state index < -0.39 is 23.9 Å². The molecule has 130 valence electrons. The Hall–Kier alpha value is -2.80. The van der Waals surface area contributed by atoms with E-state index in [1.165, 1.54) is 6.92 Å². The molecule has 6 nitrogen and oxygen atoms in total. The number of benzene rings is 2. The number of hydrogen-bond acceptors (Lipinski definition) is 5. The number of esters is 1. The molecule has 0 aromatic heterocycles. The van der Waals surface area contributed by atoms with E-state index in [1.54, 1.807) is 66.4 Å². The fourth-order valence-corrected chi connectivity index (χ4v) is 2.30. The van der Waals surface area contributed by atoms with Gasteiger partial charge in [-0.2, -0.15) is 0 Å². The average molecular weight is 358 g/mol. The predicted molar refractivity (Wildman–Crippen MR) is 95.2 cm³/mol. The Bertz CT molecular complexity index is 747. The van der Waals surface area contributed by atoms with E-state index in [0.29, 0.717) is 11.1 Å². The largest absolute Gasteiger partial charge is 0.449 e. The van der Waals surface area contributed by atoms with Gasteiger partial charge in [0, 0.05) is 10.5 Å². The Balaban J connectivity index is 1.84. The molecular weight excluding hydrogens is 340 g/mol. The summed E-state index contributed by atoms with van der Waals surface area (Å²) in [6.45, 7) is 1.43. The molecule has 2 aromatic rings. The molecule has 0 fully saturated rings. The molecule has 2 N–H and O–H groups in total. The molecule has 7 heteroatoms. The van der Waals surface area contributed by atoms with Crippen molar-refractivity contribution in [2.24, 2.45) is 0 Å². The van der Waals surface area contributed by atoms with Gasteiger partial charge in [-0.3, -0.25) is 20.4 Å². The zero-order valence-electron chi connectivity index (χ0n) is 13.8.